The third-order valence-electron chi connectivity index (χ3n) is 3.81. The van der Waals surface area contributed by atoms with Gasteiger partial charge in [0.2, 0.25) is 5.95 Å². The first kappa shape index (κ1) is 16.1. The minimum Gasteiger partial charge on any atom is -0.324 e. The SMILES string of the molecule is Clc1ccc(Nc2nc(-c3ccccc3)c3cc(Br)ccc3n2)cc1. The van der Waals surface area contributed by atoms with Crippen molar-refractivity contribution in [3.8, 4) is 11.3 Å². The van der Waals surface area contributed by atoms with Crippen molar-refractivity contribution in [2.45, 2.75) is 0 Å². The third kappa shape index (κ3) is 3.50. The van der Waals surface area contributed by atoms with Crippen molar-refractivity contribution in [3.63, 3.8) is 0 Å². The van der Waals surface area contributed by atoms with Gasteiger partial charge in [-0.1, -0.05) is 57.9 Å². The van der Waals surface area contributed by atoms with Crippen LogP contribution >= 0.6 is 27.5 Å². The quantitative estimate of drug-likeness (QED) is 0.421. The molecule has 4 rings (SSSR count). The molecule has 5 heteroatoms. The molecule has 25 heavy (non-hydrogen) atoms. The fraction of sp³-hybridized carbons (Fsp3) is 0. The van der Waals surface area contributed by atoms with E-state index in [1.165, 1.54) is 0 Å². The van der Waals surface area contributed by atoms with Crippen LogP contribution in [-0.4, -0.2) is 9.97 Å². The van der Waals surface area contributed by atoms with Crippen LogP contribution in [0.25, 0.3) is 22.2 Å². The minimum atomic E-state index is 0.552. The largest absolute Gasteiger partial charge is 0.324 e. The van der Waals surface area contributed by atoms with Crippen LogP contribution in [0.4, 0.5) is 11.6 Å². The van der Waals surface area contributed by atoms with Gasteiger partial charge in [0.25, 0.3) is 0 Å². The van der Waals surface area contributed by atoms with Gasteiger partial charge in [-0.05, 0) is 42.5 Å². The van der Waals surface area contributed by atoms with Gasteiger partial charge in [0, 0.05) is 26.1 Å². The summed E-state index contributed by atoms with van der Waals surface area (Å²) in [5.41, 5.74) is 3.71. The second-order valence-electron chi connectivity index (χ2n) is 5.56. The number of aromatic nitrogens is 2. The molecule has 1 aromatic heterocycles. The average molecular weight is 411 g/mol. The fourth-order valence-corrected chi connectivity index (χ4v) is 3.12. The summed E-state index contributed by atoms with van der Waals surface area (Å²) < 4.78 is 0.999. The van der Waals surface area contributed by atoms with Crippen molar-refractivity contribution < 1.29 is 0 Å². The van der Waals surface area contributed by atoms with E-state index in [1.807, 2.05) is 60.7 Å². The van der Waals surface area contributed by atoms with E-state index in [0.29, 0.717) is 11.0 Å². The molecule has 0 aliphatic heterocycles. The van der Waals surface area contributed by atoms with Crippen molar-refractivity contribution >= 4 is 50.1 Å². The first-order valence-electron chi connectivity index (χ1n) is 7.74. The highest BCUT2D eigenvalue weighted by molar-refractivity contribution is 9.10. The van der Waals surface area contributed by atoms with Crippen LogP contribution in [0.3, 0.4) is 0 Å². The molecular weight excluding hydrogens is 398 g/mol. The molecular formula is C20H13BrClN3. The van der Waals surface area contributed by atoms with Crippen molar-refractivity contribution in [2.75, 3.05) is 5.32 Å². The number of hydrogen-bond acceptors (Lipinski definition) is 3. The molecule has 0 unspecified atom stereocenters. The number of fused-ring (bicyclic) bond motifs is 1. The zero-order valence-corrected chi connectivity index (χ0v) is 15.4. The highest BCUT2D eigenvalue weighted by Crippen LogP contribution is 2.30. The summed E-state index contributed by atoms with van der Waals surface area (Å²) in [6.45, 7) is 0. The molecule has 1 heterocycles. The normalized spacial score (nSPS) is 10.8. The number of halogens is 2. The van der Waals surface area contributed by atoms with Crippen LogP contribution in [-0.2, 0) is 0 Å². The van der Waals surface area contributed by atoms with Gasteiger partial charge in [0.1, 0.15) is 0 Å². The highest BCUT2D eigenvalue weighted by Gasteiger charge is 2.10. The van der Waals surface area contributed by atoms with Gasteiger partial charge < -0.3 is 5.32 Å². The van der Waals surface area contributed by atoms with Gasteiger partial charge in [-0.3, -0.25) is 0 Å². The average Bonchev–Trinajstić information content (AvgIpc) is 2.64. The molecule has 3 aromatic carbocycles. The third-order valence-corrected chi connectivity index (χ3v) is 4.55. The summed E-state index contributed by atoms with van der Waals surface area (Å²) in [6, 6.07) is 23.6. The molecule has 0 atom stereocenters. The summed E-state index contributed by atoms with van der Waals surface area (Å²) >= 11 is 9.48. The Labute approximate surface area is 158 Å². The fourth-order valence-electron chi connectivity index (χ4n) is 2.63. The molecule has 0 aliphatic carbocycles. The van der Waals surface area contributed by atoms with E-state index in [2.05, 4.69) is 38.4 Å². The number of hydrogen-bond donors (Lipinski definition) is 1. The van der Waals surface area contributed by atoms with Crippen molar-refractivity contribution in [2.24, 2.45) is 0 Å². The van der Waals surface area contributed by atoms with E-state index in [-0.39, 0.29) is 0 Å². The molecule has 0 saturated heterocycles. The lowest BCUT2D eigenvalue weighted by Gasteiger charge is -2.11. The molecule has 0 radical (unpaired) electrons. The maximum atomic E-state index is 5.95. The lowest BCUT2D eigenvalue weighted by atomic mass is 10.1. The number of nitrogens with zero attached hydrogens (tertiary/aromatic N) is 2. The van der Waals surface area contributed by atoms with Crippen molar-refractivity contribution in [1.29, 1.82) is 0 Å². The van der Waals surface area contributed by atoms with Gasteiger partial charge in [0.05, 0.1) is 11.2 Å². The number of benzene rings is 3. The van der Waals surface area contributed by atoms with Crippen LogP contribution in [0.5, 0.6) is 0 Å². The molecule has 4 aromatic rings. The summed E-state index contributed by atoms with van der Waals surface area (Å²) in [5.74, 6) is 0.552. The lowest BCUT2D eigenvalue weighted by Crippen LogP contribution is -1.99. The maximum absolute atomic E-state index is 5.95. The maximum Gasteiger partial charge on any atom is 0.228 e. The van der Waals surface area contributed by atoms with Gasteiger partial charge in [0.15, 0.2) is 0 Å². The van der Waals surface area contributed by atoms with E-state index in [1.54, 1.807) is 0 Å². The second kappa shape index (κ2) is 6.82. The molecule has 0 spiro atoms. The van der Waals surface area contributed by atoms with Crippen LogP contribution in [0, 0.1) is 0 Å². The molecule has 0 amide bonds. The smallest absolute Gasteiger partial charge is 0.228 e. The molecule has 0 fully saturated rings. The minimum absolute atomic E-state index is 0.552. The first-order valence-corrected chi connectivity index (χ1v) is 8.91. The standard InChI is InChI=1S/C20H13BrClN3/c21-14-6-11-18-17(12-14)19(13-4-2-1-3-5-13)25-20(24-18)23-16-9-7-15(22)8-10-16/h1-12H,(H,23,24,25). The number of anilines is 2. The monoisotopic (exact) mass is 409 g/mol. The summed E-state index contributed by atoms with van der Waals surface area (Å²) in [6.07, 6.45) is 0. The molecule has 0 saturated carbocycles. The van der Waals surface area contributed by atoms with Gasteiger partial charge in [-0.15, -0.1) is 0 Å². The van der Waals surface area contributed by atoms with Gasteiger partial charge in [-0.25, -0.2) is 9.97 Å². The Morgan fingerprint density at radius 2 is 1.60 bits per heavy atom. The topological polar surface area (TPSA) is 37.8 Å². The Morgan fingerprint density at radius 3 is 2.36 bits per heavy atom. The molecule has 0 aliphatic rings. The van der Waals surface area contributed by atoms with Crippen molar-refractivity contribution in [1.82, 2.24) is 9.97 Å². The van der Waals surface area contributed by atoms with Crippen molar-refractivity contribution in [3.05, 3.63) is 82.3 Å². The lowest BCUT2D eigenvalue weighted by molar-refractivity contribution is 1.21. The molecule has 1 N–H and O–H groups in total. The second-order valence-corrected chi connectivity index (χ2v) is 6.91. The number of rotatable bonds is 3. The van der Waals surface area contributed by atoms with E-state index in [4.69, 9.17) is 16.6 Å². The Bertz CT molecular complexity index is 1030. The molecule has 122 valence electrons. The molecule has 0 bridgehead atoms. The van der Waals surface area contributed by atoms with E-state index < -0.39 is 0 Å². The predicted molar refractivity (Wildman–Crippen MR) is 107 cm³/mol. The van der Waals surface area contributed by atoms with Crippen LogP contribution < -0.4 is 5.32 Å². The Balaban J connectivity index is 1.86. The Morgan fingerprint density at radius 1 is 0.840 bits per heavy atom. The van der Waals surface area contributed by atoms with Crippen LogP contribution in [0.1, 0.15) is 0 Å². The first-order chi connectivity index (χ1) is 12.2. The van der Waals surface area contributed by atoms with Crippen LogP contribution in [0.15, 0.2) is 77.3 Å². The van der Waals surface area contributed by atoms with Gasteiger partial charge >= 0.3 is 0 Å². The Hall–Kier alpha value is -2.43. The van der Waals surface area contributed by atoms with E-state index in [9.17, 15) is 0 Å². The Kier molecular flexibility index (Phi) is 4.38. The summed E-state index contributed by atoms with van der Waals surface area (Å²) in [4.78, 5) is 9.40. The van der Waals surface area contributed by atoms with E-state index >= 15 is 0 Å². The predicted octanol–water partition coefficient (Wildman–Crippen LogP) is 6.46. The molecule has 3 nitrogen and oxygen atoms in total. The summed E-state index contributed by atoms with van der Waals surface area (Å²) in [5, 5.41) is 4.95. The highest BCUT2D eigenvalue weighted by atomic mass is 79.9. The zero-order valence-electron chi connectivity index (χ0n) is 13.1. The number of nitrogens with one attached hydrogen (secondary N) is 1. The van der Waals surface area contributed by atoms with Gasteiger partial charge in [-0.2, -0.15) is 0 Å². The van der Waals surface area contributed by atoms with E-state index in [0.717, 1.165) is 32.3 Å². The van der Waals surface area contributed by atoms with Crippen LogP contribution in [0.2, 0.25) is 5.02 Å². The zero-order chi connectivity index (χ0) is 17.2. The summed E-state index contributed by atoms with van der Waals surface area (Å²) in [7, 11) is 0.